The molecular weight excluding hydrogens is 290 g/mol. The Labute approximate surface area is 108 Å². The van der Waals surface area contributed by atoms with Gasteiger partial charge in [0.2, 0.25) is 0 Å². The van der Waals surface area contributed by atoms with E-state index >= 15 is 0 Å². The Balaban J connectivity index is 2.11. The minimum Gasteiger partial charge on any atom is -0.382 e. The molecule has 2 unspecified atom stereocenters. The standard InChI is InChI=1S/C11H16BrNO2S/c1-2-3-8-6-11(14,4-5-15-8)10-13-9(12)7-16-10/h7-8,14H,2-6H2,1H3. The molecule has 0 spiro atoms. The highest BCUT2D eigenvalue weighted by Crippen LogP contribution is 2.37. The molecule has 0 saturated carbocycles. The van der Waals surface area contributed by atoms with Crippen molar-refractivity contribution in [2.45, 2.75) is 44.3 Å². The van der Waals surface area contributed by atoms with Gasteiger partial charge in [0.1, 0.15) is 15.2 Å². The van der Waals surface area contributed by atoms with E-state index in [9.17, 15) is 5.11 Å². The van der Waals surface area contributed by atoms with Gasteiger partial charge in [-0.3, -0.25) is 0 Å². The number of rotatable bonds is 3. The summed E-state index contributed by atoms with van der Waals surface area (Å²) in [5, 5.41) is 13.3. The molecule has 1 aromatic rings. The fourth-order valence-electron chi connectivity index (χ4n) is 2.10. The van der Waals surface area contributed by atoms with Crippen molar-refractivity contribution in [3.05, 3.63) is 15.0 Å². The lowest BCUT2D eigenvalue weighted by molar-refractivity contribution is -0.110. The van der Waals surface area contributed by atoms with E-state index in [2.05, 4.69) is 27.8 Å². The van der Waals surface area contributed by atoms with E-state index < -0.39 is 5.60 Å². The van der Waals surface area contributed by atoms with Crippen LogP contribution in [0.4, 0.5) is 0 Å². The van der Waals surface area contributed by atoms with Crippen LogP contribution in [0.2, 0.25) is 0 Å². The molecule has 5 heteroatoms. The topological polar surface area (TPSA) is 42.4 Å². The van der Waals surface area contributed by atoms with E-state index in [0.717, 1.165) is 22.5 Å². The third kappa shape index (κ3) is 2.64. The zero-order valence-corrected chi connectivity index (χ0v) is 11.7. The van der Waals surface area contributed by atoms with Crippen LogP contribution in [-0.2, 0) is 10.3 Å². The monoisotopic (exact) mass is 305 g/mol. The summed E-state index contributed by atoms with van der Waals surface area (Å²) in [4.78, 5) is 4.33. The van der Waals surface area contributed by atoms with Gasteiger partial charge in [-0.15, -0.1) is 11.3 Å². The molecule has 1 fully saturated rings. The van der Waals surface area contributed by atoms with Crippen LogP contribution in [0.3, 0.4) is 0 Å². The highest BCUT2D eigenvalue weighted by molar-refractivity contribution is 9.10. The second-order valence-electron chi connectivity index (χ2n) is 4.24. The zero-order valence-electron chi connectivity index (χ0n) is 9.28. The van der Waals surface area contributed by atoms with Gasteiger partial charge in [-0.25, -0.2) is 4.98 Å². The van der Waals surface area contributed by atoms with Crippen LogP contribution in [0.1, 0.15) is 37.6 Å². The maximum absolute atomic E-state index is 10.6. The molecule has 0 bridgehead atoms. The molecule has 1 saturated heterocycles. The number of thiazole rings is 1. The summed E-state index contributed by atoms with van der Waals surface area (Å²) in [6.07, 6.45) is 3.58. The second kappa shape index (κ2) is 5.12. The van der Waals surface area contributed by atoms with Gasteiger partial charge in [-0.2, -0.15) is 0 Å². The normalized spacial score (nSPS) is 30.6. The van der Waals surface area contributed by atoms with E-state index in [1.165, 1.54) is 11.3 Å². The van der Waals surface area contributed by atoms with E-state index in [0.29, 0.717) is 19.4 Å². The lowest BCUT2D eigenvalue weighted by atomic mass is 9.89. The van der Waals surface area contributed by atoms with Gasteiger partial charge in [0, 0.05) is 18.2 Å². The average Bonchev–Trinajstić information content (AvgIpc) is 2.66. The van der Waals surface area contributed by atoms with Crippen LogP contribution in [0.25, 0.3) is 0 Å². The van der Waals surface area contributed by atoms with Gasteiger partial charge in [0.25, 0.3) is 0 Å². The minimum absolute atomic E-state index is 0.173. The molecule has 1 aliphatic heterocycles. The number of hydrogen-bond donors (Lipinski definition) is 1. The van der Waals surface area contributed by atoms with E-state index in [1.807, 2.05) is 5.38 Å². The summed E-state index contributed by atoms with van der Waals surface area (Å²) >= 11 is 4.84. The largest absolute Gasteiger partial charge is 0.382 e. The first-order valence-electron chi connectivity index (χ1n) is 5.59. The van der Waals surface area contributed by atoms with Crippen molar-refractivity contribution in [3.63, 3.8) is 0 Å². The van der Waals surface area contributed by atoms with E-state index in [-0.39, 0.29) is 6.10 Å². The van der Waals surface area contributed by atoms with Crippen molar-refractivity contribution in [1.29, 1.82) is 0 Å². The predicted molar refractivity (Wildman–Crippen MR) is 67.6 cm³/mol. The third-order valence-corrected chi connectivity index (χ3v) is 4.66. The van der Waals surface area contributed by atoms with Gasteiger partial charge in [-0.1, -0.05) is 13.3 Å². The van der Waals surface area contributed by atoms with Gasteiger partial charge in [-0.05, 0) is 22.4 Å². The lowest BCUT2D eigenvalue weighted by Crippen LogP contribution is -2.38. The fourth-order valence-corrected chi connectivity index (χ4v) is 3.49. The number of nitrogens with zero attached hydrogens (tertiary/aromatic N) is 1. The van der Waals surface area contributed by atoms with E-state index in [1.54, 1.807) is 0 Å². The van der Waals surface area contributed by atoms with Crippen molar-refractivity contribution in [1.82, 2.24) is 4.98 Å². The Morgan fingerprint density at radius 3 is 3.19 bits per heavy atom. The van der Waals surface area contributed by atoms with Crippen LogP contribution in [0, 0.1) is 0 Å². The summed E-state index contributed by atoms with van der Waals surface area (Å²) in [6, 6.07) is 0. The summed E-state index contributed by atoms with van der Waals surface area (Å²) in [5.74, 6) is 0. The molecule has 3 nitrogen and oxygen atoms in total. The number of aliphatic hydroxyl groups is 1. The fraction of sp³-hybridized carbons (Fsp3) is 0.727. The minimum atomic E-state index is -0.783. The lowest BCUT2D eigenvalue weighted by Gasteiger charge is -2.35. The molecule has 2 atom stereocenters. The Kier molecular flexibility index (Phi) is 4.00. The molecule has 16 heavy (non-hydrogen) atoms. The average molecular weight is 306 g/mol. The predicted octanol–water partition coefficient (Wildman–Crippen LogP) is 3.07. The van der Waals surface area contributed by atoms with Crippen molar-refractivity contribution in [2.24, 2.45) is 0 Å². The summed E-state index contributed by atoms with van der Waals surface area (Å²) in [5.41, 5.74) is -0.783. The number of hydrogen-bond acceptors (Lipinski definition) is 4. The van der Waals surface area contributed by atoms with Gasteiger partial charge < -0.3 is 9.84 Å². The number of aromatic nitrogens is 1. The summed E-state index contributed by atoms with van der Waals surface area (Å²) in [7, 11) is 0. The summed E-state index contributed by atoms with van der Waals surface area (Å²) in [6.45, 7) is 2.76. The van der Waals surface area contributed by atoms with Crippen LogP contribution in [0.15, 0.2) is 9.98 Å². The quantitative estimate of drug-likeness (QED) is 0.933. The molecule has 1 aliphatic rings. The Hall–Kier alpha value is 0.0300. The molecule has 0 amide bonds. The Bertz CT molecular complexity index is 356. The van der Waals surface area contributed by atoms with Crippen molar-refractivity contribution >= 4 is 27.3 Å². The second-order valence-corrected chi connectivity index (χ2v) is 5.91. The van der Waals surface area contributed by atoms with Crippen molar-refractivity contribution in [2.75, 3.05) is 6.61 Å². The Morgan fingerprint density at radius 1 is 1.75 bits per heavy atom. The van der Waals surface area contributed by atoms with Crippen LogP contribution in [-0.4, -0.2) is 22.8 Å². The molecule has 0 aromatic carbocycles. The number of ether oxygens (including phenoxy) is 1. The molecular formula is C11H16BrNO2S. The summed E-state index contributed by atoms with van der Waals surface area (Å²) < 4.78 is 6.45. The van der Waals surface area contributed by atoms with Crippen LogP contribution < -0.4 is 0 Å². The first-order chi connectivity index (χ1) is 7.64. The van der Waals surface area contributed by atoms with Crippen LogP contribution in [0.5, 0.6) is 0 Å². The zero-order chi connectivity index (χ0) is 11.6. The maximum Gasteiger partial charge on any atom is 0.126 e. The smallest absolute Gasteiger partial charge is 0.126 e. The molecule has 0 aliphatic carbocycles. The maximum atomic E-state index is 10.6. The molecule has 2 rings (SSSR count). The highest BCUT2D eigenvalue weighted by atomic mass is 79.9. The molecule has 1 aromatic heterocycles. The number of halogens is 1. The molecule has 1 N–H and O–H groups in total. The van der Waals surface area contributed by atoms with Crippen molar-refractivity contribution in [3.8, 4) is 0 Å². The highest BCUT2D eigenvalue weighted by Gasteiger charge is 2.38. The van der Waals surface area contributed by atoms with Crippen LogP contribution >= 0.6 is 27.3 Å². The van der Waals surface area contributed by atoms with Gasteiger partial charge in [0.05, 0.1) is 12.7 Å². The van der Waals surface area contributed by atoms with E-state index in [4.69, 9.17) is 4.74 Å². The third-order valence-electron chi connectivity index (χ3n) is 2.92. The SMILES string of the molecule is CCCC1CC(O)(c2nc(Br)cs2)CCO1. The first kappa shape index (κ1) is 12.5. The molecule has 2 heterocycles. The molecule has 90 valence electrons. The first-order valence-corrected chi connectivity index (χ1v) is 7.27. The van der Waals surface area contributed by atoms with Gasteiger partial charge >= 0.3 is 0 Å². The van der Waals surface area contributed by atoms with Gasteiger partial charge in [0.15, 0.2) is 0 Å². The molecule has 0 radical (unpaired) electrons. The Morgan fingerprint density at radius 2 is 2.56 bits per heavy atom. The van der Waals surface area contributed by atoms with Crippen molar-refractivity contribution < 1.29 is 9.84 Å².